The van der Waals surface area contributed by atoms with E-state index in [0.29, 0.717) is 28.3 Å². The predicted molar refractivity (Wildman–Crippen MR) is 115 cm³/mol. The van der Waals surface area contributed by atoms with Gasteiger partial charge in [0.1, 0.15) is 5.82 Å². The number of aromatic nitrogens is 3. The number of nitrogens with zero attached hydrogens (tertiary/aromatic N) is 4. The zero-order valence-corrected chi connectivity index (χ0v) is 17.9. The van der Waals surface area contributed by atoms with E-state index in [9.17, 15) is 14.9 Å². The van der Waals surface area contributed by atoms with Crippen molar-refractivity contribution >= 4 is 45.0 Å². The molecule has 29 heavy (non-hydrogen) atoms. The monoisotopic (exact) mass is 475 g/mol. The Morgan fingerprint density at radius 2 is 2.00 bits per heavy atom. The Morgan fingerprint density at radius 1 is 1.24 bits per heavy atom. The molecule has 1 amide bonds. The lowest BCUT2D eigenvalue weighted by Crippen LogP contribution is -2.15. The molecule has 0 saturated carbocycles. The number of benzene rings is 2. The van der Waals surface area contributed by atoms with E-state index in [-0.39, 0.29) is 17.3 Å². The third-order valence-electron chi connectivity index (χ3n) is 4.08. The molecule has 0 fully saturated rings. The number of thioether (sulfide) groups is 1. The summed E-state index contributed by atoms with van der Waals surface area (Å²) in [5.41, 5.74) is 1.57. The molecule has 3 aromatic rings. The lowest BCUT2D eigenvalue weighted by molar-refractivity contribution is -0.384. The first-order chi connectivity index (χ1) is 14.0. The molecule has 0 bridgehead atoms. The molecule has 8 nitrogen and oxygen atoms in total. The van der Waals surface area contributed by atoms with Crippen molar-refractivity contribution in [1.82, 2.24) is 14.8 Å². The number of non-ortho nitro benzene ring substituents is 1. The van der Waals surface area contributed by atoms with Crippen LogP contribution in [0.25, 0.3) is 0 Å². The van der Waals surface area contributed by atoms with Crippen LogP contribution in [-0.4, -0.2) is 31.3 Å². The third kappa shape index (κ3) is 5.42. The van der Waals surface area contributed by atoms with Crippen molar-refractivity contribution in [3.63, 3.8) is 0 Å². The van der Waals surface area contributed by atoms with Crippen LogP contribution < -0.4 is 5.32 Å². The van der Waals surface area contributed by atoms with E-state index in [0.717, 1.165) is 11.4 Å². The number of nitro groups is 1. The fourth-order valence-electron chi connectivity index (χ4n) is 2.69. The number of carbonyl (C=O) groups is 1. The summed E-state index contributed by atoms with van der Waals surface area (Å²) in [6, 6.07) is 14.2. The average molecular weight is 476 g/mol. The highest BCUT2D eigenvalue weighted by Gasteiger charge is 2.15. The second-order valence-corrected chi connectivity index (χ2v) is 7.86. The molecule has 0 aliphatic rings. The number of nitrogens with one attached hydrogen (secondary N) is 1. The van der Waals surface area contributed by atoms with Crippen LogP contribution >= 0.6 is 27.7 Å². The lowest BCUT2D eigenvalue weighted by Gasteiger charge is -2.09. The van der Waals surface area contributed by atoms with Gasteiger partial charge >= 0.3 is 0 Å². The molecule has 0 spiro atoms. The Bertz CT molecular complexity index is 1030. The molecule has 0 saturated heterocycles. The number of anilines is 1. The van der Waals surface area contributed by atoms with Crippen molar-refractivity contribution in [3.05, 3.63) is 74.5 Å². The summed E-state index contributed by atoms with van der Waals surface area (Å²) in [5.74, 6) is 0.756. The smallest absolute Gasteiger partial charge is 0.270 e. The molecule has 1 heterocycles. The Morgan fingerprint density at radius 3 is 2.66 bits per heavy atom. The van der Waals surface area contributed by atoms with Crippen LogP contribution in [0.15, 0.2) is 58.2 Å². The molecule has 0 aliphatic carbocycles. The maximum absolute atomic E-state index is 12.3. The van der Waals surface area contributed by atoms with Crippen LogP contribution in [0.5, 0.6) is 0 Å². The summed E-state index contributed by atoms with van der Waals surface area (Å²) < 4.78 is 2.44. The van der Waals surface area contributed by atoms with E-state index < -0.39 is 4.92 Å². The molecule has 150 valence electrons. The van der Waals surface area contributed by atoms with Crippen molar-refractivity contribution in [3.8, 4) is 0 Å². The first-order valence-electron chi connectivity index (χ1n) is 8.80. The Labute approximate surface area is 180 Å². The summed E-state index contributed by atoms with van der Waals surface area (Å²) in [5, 5.41) is 22.7. The normalized spacial score (nSPS) is 10.7. The van der Waals surface area contributed by atoms with E-state index in [1.165, 1.54) is 30.0 Å². The zero-order chi connectivity index (χ0) is 20.8. The molecule has 0 radical (unpaired) electrons. The van der Waals surface area contributed by atoms with Gasteiger partial charge in [-0.05, 0) is 34.5 Å². The highest BCUT2D eigenvalue weighted by molar-refractivity contribution is 9.10. The number of hydrogen-bond acceptors (Lipinski definition) is 6. The lowest BCUT2D eigenvalue weighted by atomic mass is 10.1. The predicted octanol–water partition coefficient (Wildman–Crippen LogP) is 4.29. The molecular formula is C19H18BrN5O3S. The summed E-state index contributed by atoms with van der Waals surface area (Å²) in [7, 11) is 0. The van der Waals surface area contributed by atoms with Crippen molar-refractivity contribution < 1.29 is 9.72 Å². The summed E-state index contributed by atoms with van der Waals surface area (Å²) in [4.78, 5) is 22.6. The van der Waals surface area contributed by atoms with E-state index in [4.69, 9.17) is 0 Å². The molecule has 2 aromatic carbocycles. The van der Waals surface area contributed by atoms with Gasteiger partial charge in [-0.3, -0.25) is 14.9 Å². The number of rotatable bonds is 8. The molecule has 0 aliphatic heterocycles. The Hall–Kier alpha value is -2.72. The SMILES string of the molecule is CCn1c(Cc2ccccc2)nnc1SCC(=O)Nc1ccc([N+](=O)[O-])cc1Br. The topological polar surface area (TPSA) is 103 Å². The standard InChI is InChI=1S/C19H18BrN5O3S/c1-2-24-17(10-13-6-4-3-5-7-13)22-23-19(24)29-12-18(26)21-16-9-8-14(25(27)28)11-15(16)20/h3-9,11H,2,10,12H2,1H3,(H,21,26). The second-order valence-electron chi connectivity index (χ2n) is 6.06. The number of nitro benzene ring substituents is 1. The van der Waals surface area contributed by atoms with Crippen molar-refractivity contribution in [2.24, 2.45) is 0 Å². The average Bonchev–Trinajstić information content (AvgIpc) is 3.10. The van der Waals surface area contributed by atoms with Crippen molar-refractivity contribution in [2.45, 2.75) is 25.0 Å². The fraction of sp³-hybridized carbons (Fsp3) is 0.211. The minimum Gasteiger partial charge on any atom is -0.324 e. The van der Waals surface area contributed by atoms with Crippen LogP contribution in [0.3, 0.4) is 0 Å². The number of carbonyl (C=O) groups excluding carboxylic acids is 1. The van der Waals surface area contributed by atoms with Crippen LogP contribution in [0.2, 0.25) is 0 Å². The van der Waals surface area contributed by atoms with E-state index in [1.54, 1.807) is 0 Å². The van der Waals surface area contributed by atoms with Gasteiger partial charge in [0.15, 0.2) is 5.16 Å². The molecule has 10 heteroatoms. The van der Waals surface area contributed by atoms with E-state index in [2.05, 4.69) is 31.4 Å². The number of amides is 1. The summed E-state index contributed by atoms with van der Waals surface area (Å²) >= 11 is 4.54. The number of hydrogen-bond donors (Lipinski definition) is 1. The molecule has 0 atom stereocenters. The second kappa shape index (κ2) is 9.66. The first-order valence-corrected chi connectivity index (χ1v) is 10.6. The van der Waals surface area contributed by atoms with E-state index >= 15 is 0 Å². The fourth-order valence-corrected chi connectivity index (χ4v) is 3.98. The van der Waals surface area contributed by atoms with Gasteiger partial charge in [0, 0.05) is 29.6 Å². The largest absolute Gasteiger partial charge is 0.324 e. The maximum Gasteiger partial charge on any atom is 0.270 e. The Balaban J connectivity index is 1.62. The van der Waals surface area contributed by atoms with E-state index in [1.807, 2.05) is 41.8 Å². The van der Waals surface area contributed by atoms with Crippen LogP contribution in [-0.2, 0) is 17.8 Å². The van der Waals surface area contributed by atoms with Gasteiger partial charge in [0.2, 0.25) is 5.91 Å². The zero-order valence-electron chi connectivity index (χ0n) is 15.5. The highest BCUT2D eigenvalue weighted by atomic mass is 79.9. The van der Waals surface area contributed by atoms with Gasteiger partial charge in [-0.15, -0.1) is 10.2 Å². The van der Waals surface area contributed by atoms with Crippen LogP contribution in [0.1, 0.15) is 18.3 Å². The van der Waals surface area contributed by atoms with Crippen molar-refractivity contribution in [2.75, 3.05) is 11.1 Å². The van der Waals surface area contributed by atoms with Gasteiger partial charge in [0.05, 0.1) is 16.4 Å². The summed E-state index contributed by atoms with van der Waals surface area (Å²) in [6.45, 7) is 2.71. The van der Waals surface area contributed by atoms with Gasteiger partial charge in [0.25, 0.3) is 5.69 Å². The molecule has 1 N–H and O–H groups in total. The van der Waals surface area contributed by atoms with Crippen LogP contribution in [0, 0.1) is 10.1 Å². The molecule has 1 aromatic heterocycles. The highest BCUT2D eigenvalue weighted by Crippen LogP contribution is 2.27. The minimum atomic E-state index is -0.489. The van der Waals surface area contributed by atoms with Gasteiger partial charge in [-0.2, -0.15) is 0 Å². The number of halogens is 1. The van der Waals surface area contributed by atoms with Gasteiger partial charge < -0.3 is 9.88 Å². The molecule has 3 rings (SSSR count). The Kier molecular flexibility index (Phi) is 6.99. The maximum atomic E-state index is 12.3. The third-order valence-corrected chi connectivity index (χ3v) is 5.71. The molecule has 0 unspecified atom stereocenters. The summed E-state index contributed by atoms with van der Waals surface area (Å²) in [6.07, 6.45) is 0.671. The van der Waals surface area contributed by atoms with Gasteiger partial charge in [-0.25, -0.2) is 0 Å². The molecular weight excluding hydrogens is 458 g/mol. The van der Waals surface area contributed by atoms with Crippen LogP contribution in [0.4, 0.5) is 11.4 Å². The van der Waals surface area contributed by atoms with Gasteiger partial charge in [-0.1, -0.05) is 42.1 Å². The first kappa shape index (κ1) is 21.0. The minimum absolute atomic E-state index is 0.0498. The van der Waals surface area contributed by atoms with Crippen molar-refractivity contribution in [1.29, 1.82) is 0 Å². The quantitative estimate of drug-likeness (QED) is 0.296.